The molecule has 8 nitrogen and oxygen atoms in total. The molecule has 0 bridgehead atoms. The van der Waals surface area contributed by atoms with Gasteiger partial charge < -0.3 is 5.11 Å². The third-order valence-corrected chi connectivity index (χ3v) is 5.41. The van der Waals surface area contributed by atoms with E-state index in [1.807, 2.05) is 0 Å². The van der Waals surface area contributed by atoms with Crippen LogP contribution in [-0.4, -0.2) is 40.0 Å². The van der Waals surface area contributed by atoms with E-state index in [4.69, 9.17) is 0 Å². The summed E-state index contributed by atoms with van der Waals surface area (Å²) in [5, 5.41) is 13.4. The average molecular weight is 450 g/mol. The first-order valence-electron chi connectivity index (χ1n) is 9.07. The van der Waals surface area contributed by atoms with Crippen molar-refractivity contribution in [3.05, 3.63) is 46.3 Å². The van der Waals surface area contributed by atoms with Crippen molar-refractivity contribution in [1.82, 2.24) is 29.3 Å². The summed E-state index contributed by atoms with van der Waals surface area (Å²) in [7, 11) is 1.71. The van der Waals surface area contributed by atoms with Crippen LogP contribution in [0.1, 0.15) is 18.9 Å². The first kappa shape index (κ1) is 21.1. The van der Waals surface area contributed by atoms with E-state index in [1.54, 1.807) is 31.8 Å². The van der Waals surface area contributed by atoms with Crippen LogP contribution >= 0.6 is 11.3 Å². The van der Waals surface area contributed by atoms with E-state index in [2.05, 4.69) is 20.1 Å². The lowest BCUT2D eigenvalue weighted by molar-refractivity contribution is -0.137. The van der Waals surface area contributed by atoms with Crippen LogP contribution in [0.15, 0.2) is 35.8 Å². The zero-order chi connectivity index (χ0) is 22.6. The number of pyridine rings is 1. The van der Waals surface area contributed by atoms with Crippen molar-refractivity contribution >= 4 is 22.2 Å². The molecular formula is C19H17F3N6O2S. The highest BCUT2D eigenvalue weighted by Crippen LogP contribution is 2.37. The highest BCUT2D eigenvalue weighted by Gasteiger charge is 2.35. The summed E-state index contributed by atoms with van der Waals surface area (Å²) in [6.45, 7) is 3.10. The lowest BCUT2D eigenvalue weighted by atomic mass is 10.1. The molecule has 0 fully saturated rings. The van der Waals surface area contributed by atoms with Gasteiger partial charge in [-0.15, -0.1) is 11.3 Å². The number of aryl methyl sites for hydroxylation is 1. The number of hydrogen-bond donors (Lipinski definition) is 1. The van der Waals surface area contributed by atoms with Gasteiger partial charge in [-0.05, 0) is 19.9 Å². The largest absolute Gasteiger partial charge is 0.443 e. The molecule has 31 heavy (non-hydrogen) atoms. The van der Waals surface area contributed by atoms with E-state index in [-0.39, 0.29) is 28.0 Å². The second-order valence-electron chi connectivity index (χ2n) is 7.67. The minimum atomic E-state index is -4.58. The van der Waals surface area contributed by atoms with Gasteiger partial charge in [-0.25, -0.2) is 15.0 Å². The van der Waals surface area contributed by atoms with E-state index >= 15 is 0 Å². The van der Waals surface area contributed by atoms with Gasteiger partial charge in [-0.3, -0.25) is 14.0 Å². The molecule has 0 aliphatic rings. The Balaban J connectivity index is 1.97. The number of alkyl halides is 3. The van der Waals surface area contributed by atoms with E-state index in [9.17, 15) is 23.1 Å². The molecule has 0 aromatic carbocycles. The van der Waals surface area contributed by atoms with Crippen molar-refractivity contribution in [3.63, 3.8) is 0 Å². The number of nitrogens with zero attached hydrogens (tertiary/aromatic N) is 6. The molecule has 0 amide bonds. The van der Waals surface area contributed by atoms with Gasteiger partial charge in [-0.1, -0.05) is 0 Å². The quantitative estimate of drug-likeness (QED) is 0.513. The molecular weight excluding hydrogens is 433 g/mol. The summed E-state index contributed by atoms with van der Waals surface area (Å²) in [6.07, 6.45) is 1.03. The monoisotopic (exact) mass is 450 g/mol. The Morgan fingerprint density at radius 3 is 2.52 bits per heavy atom. The van der Waals surface area contributed by atoms with E-state index in [1.165, 1.54) is 23.2 Å². The zero-order valence-electron chi connectivity index (χ0n) is 16.7. The molecule has 0 spiro atoms. The Hall–Kier alpha value is -3.12. The van der Waals surface area contributed by atoms with Crippen molar-refractivity contribution in [2.75, 3.05) is 0 Å². The second-order valence-corrected chi connectivity index (χ2v) is 8.70. The molecule has 162 valence electrons. The fourth-order valence-electron chi connectivity index (χ4n) is 3.09. The predicted octanol–water partition coefficient (Wildman–Crippen LogP) is 3.11. The number of aromatic nitrogens is 6. The molecule has 4 aromatic rings. The Labute approximate surface area is 177 Å². The Kier molecular flexibility index (Phi) is 4.93. The summed E-state index contributed by atoms with van der Waals surface area (Å²) >= 11 is 0.442. The van der Waals surface area contributed by atoms with Gasteiger partial charge in [0, 0.05) is 25.0 Å². The SMILES string of the molecule is Cn1cc(-c2nc(-c3cnc(C(F)(F)F)s3)cc3c(=O)n(CC(C)(C)O)cnc23)cn1. The predicted molar refractivity (Wildman–Crippen MR) is 108 cm³/mol. The minimum Gasteiger partial charge on any atom is -0.389 e. The van der Waals surface area contributed by atoms with Gasteiger partial charge in [0.05, 0.1) is 40.6 Å². The zero-order valence-corrected chi connectivity index (χ0v) is 17.5. The fraction of sp³-hybridized carbons (Fsp3) is 0.316. The topological polar surface area (TPSA) is 98.7 Å². The van der Waals surface area contributed by atoms with Gasteiger partial charge >= 0.3 is 6.18 Å². The Morgan fingerprint density at radius 1 is 1.19 bits per heavy atom. The maximum Gasteiger partial charge on any atom is 0.443 e. The van der Waals surface area contributed by atoms with Crippen molar-refractivity contribution in [1.29, 1.82) is 0 Å². The molecule has 0 atom stereocenters. The number of fused-ring (bicyclic) bond motifs is 1. The van der Waals surface area contributed by atoms with Crippen molar-refractivity contribution in [2.24, 2.45) is 7.05 Å². The number of aliphatic hydroxyl groups is 1. The summed E-state index contributed by atoms with van der Waals surface area (Å²) < 4.78 is 41.9. The fourth-order valence-corrected chi connectivity index (χ4v) is 3.83. The van der Waals surface area contributed by atoms with Crippen LogP contribution in [0.25, 0.3) is 32.7 Å². The Bertz CT molecular complexity index is 1330. The lowest BCUT2D eigenvalue weighted by Gasteiger charge is -2.18. The third kappa shape index (κ3) is 4.21. The van der Waals surface area contributed by atoms with E-state index in [0.717, 1.165) is 6.20 Å². The third-order valence-electron chi connectivity index (χ3n) is 4.35. The number of thiazole rings is 1. The molecule has 0 saturated heterocycles. The molecule has 0 aliphatic carbocycles. The van der Waals surface area contributed by atoms with Crippen LogP contribution in [0, 0.1) is 0 Å². The highest BCUT2D eigenvalue weighted by molar-refractivity contribution is 7.15. The summed E-state index contributed by atoms with van der Waals surface area (Å²) in [5.74, 6) is 0. The highest BCUT2D eigenvalue weighted by atomic mass is 32.1. The maximum atomic E-state index is 13.1. The van der Waals surface area contributed by atoms with Crippen LogP contribution < -0.4 is 5.56 Å². The van der Waals surface area contributed by atoms with Gasteiger partial charge in [0.25, 0.3) is 5.56 Å². The van der Waals surface area contributed by atoms with Crippen LogP contribution in [-0.2, 0) is 19.8 Å². The smallest absolute Gasteiger partial charge is 0.389 e. The van der Waals surface area contributed by atoms with Crippen LogP contribution in [0.4, 0.5) is 13.2 Å². The first-order valence-corrected chi connectivity index (χ1v) is 9.89. The molecule has 0 aliphatic heterocycles. The molecule has 12 heteroatoms. The molecule has 1 N–H and O–H groups in total. The van der Waals surface area contributed by atoms with Crippen molar-refractivity contribution in [3.8, 4) is 21.8 Å². The minimum absolute atomic E-state index is 0.00651. The summed E-state index contributed by atoms with van der Waals surface area (Å²) in [6, 6.07) is 1.40. The molecule has 4 rings (SSSR count). The van der Waals surface area contributed by atoms with Gasteiger partial charge in [0.15, 0.2) is 5.01 Å². The van der Waals surface area contributed by atoms with E-state index < -0.39 is 22.3 Å². The summed E-state index contributed by atoms with van der Waals surface area (Å²) in [4.78, 5) is 25.6. The number of halogens is 3. The molecule has 0 radical (unpaired) electrons. The first-order chi connectivity index (χ1) is 14.4. The standard InChI is InChI=1S/C19H17F3N6O2S/c1-18(2,30)8-28-9-24-15-11(16(28)29)4-12(13-6-23-17(31-13)19(20,21)22)26-14(15)10-5-25-27(3)7-10/h4-7,9,30H,8H2,1-3H3. The second kappa shape index (κ2) is 7.24. The van der Waals surface area contributed by atoms with Crippen LogP contribution in [0.3, 0.4) is 0 Å². The van der Waals surface area contributed by atoms with Crippen molar-refractivity contribution in [2.45, 2.75) is 32.2 Å². The maximum absolute atomic E-state index is 13.1. The molecule has 4 heterocycles. The summed E-state index contributed by atoms with van der Waals surface area (Å²) in [5.41, 5.74) is -0.285. The van der Waals surface area contributed by atoms with Crippen LogP contribution in [0.2, 0.25) is 0 Å². The normalized spacial score (nSPS) is 12.6. The van der Waals surface area contributed by atoms with Gasteiger partial charge in [0.2, 0.25) is 0 Å². The van der Waals surface area contributed by atoms with Crippen molar-refractivity contribution < 1.29 is 18.3 Å². The lowest BCUT2D eigenvalue weighted by Crippen LogP contribution is -2.33. The van der Waals surface area contributed by atoms with E-state index in [0.29, 0.717) is 22.6 Å². The number of hydrogen-bond acceptors (Lipinski definition) is 7. The Morgan fingerprint density at radius 2 is 1.94 bits per heavy atom. The van der Waals surface area contributed by atoms with Gasteiger partial charge in [0.1, 0.15) is 11.2 Å². The molecule has 4 aromatic heterocycles. The van der Waals surface area contributed by atoms with Gasteiger partial charge in [-0.2, -0.15) is 18.3 Å². The molecule has 0 unspecified atom stereocenters. The average Bonchev–Trinajstić information content (AvgIpc) is 3.31. The van der Waals surface area contributed by atoms with Crippen LogP contribution in [0.5, 0.6) is 0 Å². The number of rotatable bonds is 4. The molecule has 0 saturated carbocycles.